The summed E-state index contributed by atoms with van der Waals surface area (Å²) in [5.74, 6) is 1.68. The fourth-order valence-electron chi connectivity index (χ4n) is 3.75. The third-order valence-corrected chi connectivity index (χ3v) is 5.15. The quantitative estimate of drug-likeness (QED) is 0.838. The van der Waals surface area contributed by atoms with Crippen LogP contribution < -0.4 is 10.5 Å². The summed E-state index contributed by atoms with van der Waals surface area (Å²) >= 11 is 0. The lowest BCUT2D eigenvalue weighted by Crippen LogP contribution is -2.30. The van der Waals surface area contributed by atoms with Crippen LogP contribution in [0.4, 0.5) is 5.69 Å². The van der Waals surface area contributed by atoms with Crippen molar-refractivity contribution < 1.29 is 4.74 Å². The molecule has 124 valence electrons. The maximum atomic E-state index is 6.33. The van der Waals surface area contributed by atoms with Crippen LogP contribution in [0.15, 0.2) is 24.3 Å². The van der Waals surface area contributed by atoms with Crippen LogP contribution in [0.1, 0.15) is 52.1 Å². The zero-order valence-electron chi connectivity index (χ0n) is 14.7. The van der Waals surface area contributed by atoms with Crippen LogP contribution in [0, 0.1) is 18.3 Å². The van der Waals surface area contributed by atoms with Crippen LogP contribution in [0.3, 0.4) is 0 Å². The number of anilines is 1. The molecule has 23 heavy (non-hydrogen) atoms. The first kappa shape index (κ1) is 16.1. The number of fused-ring (bicyclic) bond motifs is 1. The molecule has 1 aliphatic rings. The fourth-order valence-corrected chi connectivity index (χ4v) is 3.75. The van der Waals surface area contributed by atoms with Gasteiger partial charge in [-0.05, 0) is 62.1 Å². The molecule has 0 bridgehead atoms. The van der Waals surface area contributed by atoms with Crippen LogP contribution in [0.5, 0.6) is 5.75 Å². The molecule has 3 nitrogen and oxygen atoms in total. The highest BCUT2D eigenvalue weighted by Crippen LogP contribution is 2.39. The average molecular weight is 312 g/mol. The zero-order valence-corrected chi connectivity index (χ0v) is 14.7. The lowest BCUT2D eigenvalue weighted by atomic mass is 9.72. The van der Waals surface area contributed by atoms with Crippen molar-refractivity contribution in [1.29, 1.82) is 0 Å². The molecule has 2 aromatic rings. The number of benzene rings is 1. The van der Waals surface area contributed by atoms with Gasteiger partial charge in [0.05, 0.1) is 17.0 Å². The molecule has 0 amide bonds. The zero-order chi connectivity index (χ0) is 16.6. The lowest BCUT2D eigenvalue weighted by molar-refractivity contribution is 0.0892. The van der Waals surface area contributed by atoms with Crippen LogP contribution in [0.2, 0.25) is 0 Å². The molecule has 2 N–H and O–H groups in total. The Kier molecular flexibility index (Phi) is 4.22. The van der Waals surface area contributed by atoms with Gasteiger partial charge in [0.1, 0.15) is 5.75 Å². The van der Waals surface area contributed by atoms with E-state index in [9.17, 15) is 0 Å². The Hall–Kier alpha value is -1.77. The van der Waals surface area contributed by atoms with E-state index in [0.717, 1.165) is 46.8 Å². The molecule has 3 rings (SSSR count). The van der Waals surface area contributed by atoms with Crippen molar-refractivity contribution in [2.45, 2.75) is 59.5 Å². The van der Waals surface area contributed by atoms with Gasteiger partial charge in [-0.1, -0.05) is 26.8 Å². The Balaban J connectivity index is 1.78. The Bertz CT molecular complexity index is 695. The molecule has 1 saturated carbocycles. The maximum Gasteiger partial charge on any atom is 0.131 e. The first-order valence-electron chi connectivity index (χ1n) is 8.67. The smallest absolute Gasteiger partial charge is 0.131 e. The van der Waals surface area contributed by atoms with Crippen molar-refractivity contribution in [3.05, 3.63) is 30.0 Å². The Morgan fingerprint density at radius 1 is 1.13 bits per heavy atom. The summed E-state index contributed by atoms with van der Waals surface area (Å²) < 4.78 is 6.33. The van der Waals surface area contributed by atoms with Crippen LogP contribution in [-0.4, -0.2) is 11.1 Å². The van der Waals surface area contributed by atoms with Gasteiger partial charge in [-0.2, -0.15) is 0 Å². The number of nitrogens with zero attached hydrogens (tertiary/aromatic N) is 1. The van der Waals surface area contributed by atoms with Crippen molar-refractivity contribution >= 4 is 16.6 Å². The van der Waals surface area contributed by atoms with Gasteiger partial charge in [0.15, 0.2) is 0 Å². The van der Waals surface area contributed by atoms with Crippen molar-refractivity contribution in [1.82, 2.24) is 4.98 Å². The molecule has 0 saturated heterocycles. The van der Waals surface area contributed by atoms with E-state index in [-0.39, 0.29) is 0 Å². The minimum Gasteiger partial charge on any atom is -0.490 e. The van der Waals surface area contributed by atoms with E-state index in [1.807, 2.05) is 31.2 Å². The molecule has 3 heteroatoms. The highest BCUT2D eigenvalue weighted by Gasteiger charge is 2.30. The first-order chi connectivity index (χ1) is 10.8. The van der Waals surface area contributed by atoms with Gasteiger partial charge in [0.2, 0.25) is 0 Å². The number of pyridine rings is 1. The number of hydrogen-bond acceptors (Lipinski definition) is 3. The van der Waals surface area contributed by atoms with Crippen molar-refractivity contribution in [2.24, 2.45) is 11.3 Å². The molecule has 0 radical (unpaired) electrons. The topological polar surface area (TPSA) is 48.1 Å². The van der Waals surface area contributed by atoms with Crippen molar-refractivity contribution in [2.75, 3.05) is 5.73 Å². The van der Waals surface area contributed by atoms with E-state index in [1.165, 1.54) is 12.8 Å². The number of aromatic nitrogens is 1. The number of ether oxygens (including phenoxy) is 1. The summed E-state index contributed by atoms with van der Waals surface area (Å²) in [4.78, 5) is 4.57. The summed E-state index contributed by atoms with van der Waals surface area (Å²) in [7, 11) is 0. The van der Waals surface area contributed by atoms with Crippen molar-refractivity contribution in [3.8, 4) is 5.75 Å². The molecule has 0 spiro atoms. The molecule has 1 aromatic carbocycles. The summed E-state index contributed by atoms with van der Waals surface area (Å²) in [6.45, 7) is 9.01. The van der Waals surface area contributed by atoms with E-state index < -0.39 is 0 Å². The molecule has 1 aliphatic carbocycles. The average Bonchev–Trinajstić information content (AvgIpc) is 2.46. The summed E-state index contributed by atoms with van der Waals surface area (Å²) in [5, 5.41) is 0.955. The molecule has 1 fully saturated rings. The number of aryl methyl sites for hydroxylation is 1. The number of nitrogen functional groups attached to an aromatic ring is 1. The molecule has 0 aliphatic heterocycles. The van der Waals surface area contributed by atoms with Crippen LogP contribution in [-0.2, 0) is 0 Å². The Labute approximate surface area is 139 Å². The predicted octanol–water partition coefficient (Wildman–Crippen LogP) is 5.11. The Morgan fingerprint density at radius 2 is 1.83 bits per heavy atom. The van der Waals surface area contributed by atoms with Gasteiger partial charge >= 0.3 is 0 Å². The van der Waals surface area contributed by atoms with Crippen LogP contribution in [0.25, 0.3) is 10.9 Å². The molecule has 0 unspecified atom stereocenters. The second-order valence-corrected chi connectivity index (χ2v) is 7.96. The molecular weight excluding hydrogens is 284 g/mol. The SMILES string of the molecule is Cc1cc(N)c2c(OC3CCC(C(C)(C)C)CC3)cccc2n1. The van der Waals surface area contributed by atoms with Gasteiger partial charge in [0.25, 0.3) is 0 Å². The highest BCUT2D eigenvalue weighted by atomic mass is 16.5. The maximum absolute atomic E-state index is 6.33. The second kappa shape index (κ2) is 6.03. The number of nitrogens with two attached hydrogens (primary N) is 1. The lowest BCUT2D eigenvalue weighted by Gasteiger charge is -2.37. The second-order valence-electron chi connectivity index (χ2n) is 7.96. The van der Waals surface area contributed by atoms with Gasteiger partial charge in [-0.3, -0.25) is 4.98 Å². The molecule has 1 aromatic heterocycles. The monoisotopic (exact) mass is 312 g/mol. The van der Waals surface area contributed by atoms with Gasteiger partial charge in [-0.25, -0.2) is 0 Å². The third-order valence-electron chi connectivity index (χ3n) is 5.15. The number of rotatable bonds is 2. The minimum absolute atomic E-state index is 0.292. The molecule has 0 atom stereocenters. The standard InChI is InChI=1S/C20H28N2O/c1-13-12-16(21)19-17(22-13)6-5-7-18(19)23-15-10-8-14(9-11-15)20(2,3)4/h5-7,12,14-15H,8-11H2,1-4H3,(H2,21,22). The normalized spacial score (nSPS) is 22.3. The van der Waals surface area contributed by atoms with Crippen LogP contribution >= 0.6 is 0 Å². The van der Waals surface area contributed by atoms with E-state index in [0.29, 0.717) is 11.5 Å². The summed E-state index contributed by atoms with van der Waals surface area (Å²) in [6.07, 6.45) is 5.02. The fraction of sp³-hybridized carbons (Fsp3) is 0.550. The largest absolute Gasteiger partial charge is 0.490 e. The molecular formula is C20H28N2O. The minimum atomic E-state index is 0.292. The summed E-state index contributed by atoms with van der Waals surface area (Å²) in [5.41, 5.74) is 9.24. The van der Waals surface area contributed by atoms with E-state index in [1.54, 1.807) is 0 Å². The van der Waals surface area contributed by atoms with Gasteiger partial charge in [-0.15, -0.1) is 0 Å². The van der Waals surface area contributed by atoms with Crippen molar-refractivity contribution in [3.63, 3.8) is 0 Å². The predicted molar refractivity (Wildman–Crippen MR) is 96.7 cm³/mol. The van der Waals surface area contributed by atoms with Gasteiger partial charge in [0, 0.05) is 11.4 Å². The highest BCUT2D eigenvalue weighted by molar-refractivity contribution is 5.95. The first-order valence-corrected chi connectivity index (χ1v) is 8.67. The van der Waals surface area contributed by atoms with Gasteiger partial charge < -0.3 is 10.5 Å². The molecule has 1 heterocycles. The van der Waals surface area contributed by atoms with E-state index in [2.05, 4.69) is 25.8 Å². The van der Waals surface area contributed by atoms with E-state index in [4.69, 9.17) is 10.5 Å². The number of hydrogen-bond donors (Lipinski definition) is 1. The Morgan fingerprint density at radius 3 is 2.48 bits per heavy atom. The van der Waals surface area contributed by atoms with E-state index >= 15 is 0 Å². The third kappa shape index (κ3) is 3.44. The summed E-state index contributed by atoms with van der Waals surface area (Å²) in [6, 6.07) is 7.95.